The van der Waals surface area contributed by atoms with Gasteiger partial charge >= 0.3 is 0 Å². The van der Waals surface area contributed by atoms with Crippen molar-refractivity contribution in [2.45, 2.75) is 20.3 Å². The second kappa shape index (κ2) is 10.3. The van der Waals surface area contributed by atoms with Crippen LogP contribution in [0.4, 0.5) is 0 Å². The fourth-order valence-corrected chi connectivity index (χ4v) is 3.74. The molecule has 2 aromatic carbocycles. The Morgan fingerprint density at radius 1 is 0.800 bits per heavy atom. The summed E-state index contributed by atoms with van der Waals surface area (Å²) in [6.45, 7) is 3.88. The number of carbonyl (C=O) groups is 1. The summed E-state index contributed by atoms with van der Waals surface area (Å²) in [4.78, 5) is 25.2. The topological polar surface area (TPSA) is 103 Å². The van der Waals surface area contributed by atoms with Crippen LogP contribution >= 0.6 is 0 Å². The van der Waals surface area contributed by atoms with Gasteiger partial charge in [0.25, 0.3) is 0 Å². The van der Waals surface area contributed by atoms with Gasteiger partial charge in [0.05, 0.1) is 34.3 Å². The molecule has 0 radical (unpaired) electrons. The molecule has 6 heteroatoms. The molecule has 5 aromatic rings. The van der Waals surface area contributed by atoms with Crippen molar-refractivity contribution in [1.29, 1.82) is 10.5 Å². The Bertz CT molecular complexity index is 1640. The molecule has 0 spiro atoms. The van der Waals surface area contributed by atoms with Gasteiger partial charge in [0, 0.05) is 35.3 Å². The van der Waals surface area contributed by atoms with Gasteiger partial charge in [-0.25, -0.2) is 0 Å². The average molecular weight is 456 g/mol. The van der Waals surface area contributed by atoms with Crippen molar-refractivity contribution in [3.63, 3.8) is 0 Å². The number of fused-ring (bicyclic) bond motifs is 2. The van der Waals surface area contributed by atoms with Gasteiger partial charge in [-0.05, 0) is 85.6 Å². The van der Waals surface area contributed by atoms with E-state index in [1.165, 1.54) is 0 Å². The SMILES string of the molecule is Cc1cccc(C(=O)Cc2ccnc3ccc(C#N)cc23)n1.Cc1ccnc2ccc(C#N)cc12. The first-order chi connectivity index (χ1) is 17.0. The normalized spacial score (nSPS) is 10.2. The number of carbonyl (C=O) groups excluding carboxylic acids is 1. The smallest absolute Gasteiger partial charge is 0.185 e. The monoisotopic (exact) mass is 455 g/mol. The van der Waals surface area contributed by atoms with E-state index in [-0.39, 0.29) is 12.2 Å². The molecule has 35 heavy (non-hydrogen) atoms. The Morgan fingerprint density at radius 2 is 1.43 bits per heavy atom. The van der Waals surface area contributed by atoms with Gasteiger partial charge in [-0.1, -0.05) is 6.07 Å². The van der Waals surface area contributed by atoms with Gasteiger partial charge in [0.1, 0.15) is 5.69 Å². The van der Waals surface area contributed by atoms with Crippen LogP contribution in [0.25, 0.3) is 21.8 Å². The van der Waals surface area contributed by atoms with Crippen molar-refractivity contribution >= 4 is 27.6 Å². The fraction of sp³-hybridized carbons (Fsp3) is 0.103. The maximum Gasteiger partial charge on any atom is 0.185 e. The van der Waals surface area contributed by atoms with E-state index < -0.39 is 0 Å². The van der Waals surface area contributed by atoms with Crippen LogP contribution in [-0.4, -0.2) is 20.7 Å². The van der Waals surface area contributed by atoms with Crippen molar-refractivity contribution in [3.8, 4) is 12.1 Å². The van der Waals surface area contributed by atoms with Gasteiger partial charge in [-0.3, -0.25) is 19.7 Å². The number of Topliss-reactive ketones (excluding diaryl/α,β-unsaturated/α-hetero) is 1. The molecule has 0 aliphatic carbocycles. The first-order valence-corrected chi connectivity index (χ1v) is 11.0. The molecule has 0 saturated heterocycles. The number of aryl methyl sites for hydroxylation is 2. The zero-order valence-corrected chi connectivity index (χ0v) is 19.4. The molecule has 0 unspecified atom stereocenters. The molecule has 0 fully saturated rings. The summed E-state index contributed by atoms with van der Waals surface area (Å²) in [6, 6.07) is 24.2. The Hall–Kier alpha value is -4.94. The number of pyridine rings is 3. The number of nitrogens with zero attached hydrogens (tertiary/aromatic N) is 5. The molecule has 3 aromatic heterocycles. The lowest BCUT2D eigenvalue weighted by atomic mass is 10.0. The average Bonchev–Trinajstić information content (AvgIpc) is 2.89. The van der Waals surface area contributed by atoms with Crippen LogP contribution < -0.4 is 0 Å². The summed E-state index contributed by atoms with van der Waals surface area (Å²) in [6.07, 6.45) is 3.70. The van der Waals surface area contributed by atoms with Gasteiger partial charge in [0.15, 0.2) is 5.78 Å². The Balaban J connectivity index is 0.000000189. The van der Waals surface area contributed by atoms with Crippen molar-refractivity contribution in [3.05, 3.63) is 113 Å². The molecular formula is C29H21N5O. The van der Waals surface area contributed by atoms with Crippen LogP contribution in [0.15, 0.2) is 79.1 Å². The molecule has 0 amide bonds. The predicted octanol–water partition coefficient (Wildman–Crippen LogP) is 5.65. The highest BCUT2D eigenvalue weighted by atomic mass is 16.1. The molecule has 0 aliphatic rings. The van der Waals surface area contributed by atoms with Crippen molar-refractivity contribution < 1.29 is 4.79 Å². The minimum absolute atomic E-state index is 0.0430. The second-order valence-corrected chi connectivity index (χ2v) is 8.05. The first kappa shape index (κ1) is 23.2. The van der Waals surface area contributed by atoms with Crippen LogP contribution in [-0.2, 0) is 6.42 Å². The van der Waals surface area contributed by atoms with Crippen LogP contribution in [0.5, 0.6) is 0 Å². The molecule has 5 rings (SSSR count). The Labute approximate surface area is 203 Å². The maximum atomic E-state index is 12.4. The highest BCUT2D eigenvalue weighted by Gasteiger charge is 2.12. The third-order valence-corrected chi connectivity index (χ3v) is 5.57. The summed E-state index contributed by atoms with van der Waals surface area (Å²) in [7, 11) is 0. The molecule has 6 nitrogen and oxygen atoms in total. The van der Waals surface area contributed by atoms with E-state index in [4.69, 9.17) is 10.5 Å². The lowest BCUT2D eigenvalue weighted by Gasteiger charge is -2.06. The second-order valence-electron chi connectivity index (χ2n) is 8.05. The molecule has 0 aliphatic heterocycles. The summed E-state index contributed by atoms with van der Waals surface area (Å²) >= 11 is 0. The molecule has 0 saturated carbocycles. The standard InChI is InChI=1S/C18H13N3O.C11H8N2/c1-12-3-2-4-17(21-12)18(22)10-14-7-8-20-16-6-5-13(11-19)9-15(14)16;1-8-4-5-13-11-3-2-9(7-12)6-10(8)11/h2-9H,10H2,1H3;2-6H,1H3. The third kappa shape index (κ3) is 5.35. The van der Waals surface area contributed by atoms with Crippen LogP contribution in [0.3, 0.4) is 0 Å². The van der Waals surface area contributed by atoms with Gasteiger partial charge in [-0.15, -0.1) is 0 Å². The number of nitriles is 2. The molecule has 0 N–H and O–H groups in total. The number of ketones is 1. The van der Waals surface area contributed by atoms with E-state index in [9.17, 15) is 4.79 Å². The molecule has 168 valence electrons. The van der Waals surface area contributed by atoms with Crippen molar-refractivity contribution in [2.75, 3.05) is 0 Å². The third-order valence-electron chi connectivity index (χ3n) is 5.57. The van der Waals surface area contributed by atoms with Gasteiger partial charge in [0.2, 0.25) is 0 Å². The highest BCUT2D eigenvalue weighted by Crippen LogP contribution is 2.20. The van der Waals surface area contributed by atoms with E-state index in [1.54, 1.807) is 42.7 Å². The zero-order valence-electron chi connectivity index (χ0n) is 19.4. The van der Waals surface area contributed by atoms with E-state index in [1.807, 2.05) is 50.2 Å². The minimum Gasteiger partial charge on any atom is -0.292 e. The summed E-state index contributed by atoms with van der Waals surface area (Å²) < 4.78 is 0. The van der Waals surface area contributed by atoms with E-state index in [0.717, 1.165) is 38.6 Å². The summed E-state index contributed by atoms with van der Waals surface area (Å²) in [5.41, 5.74) is 6.25. The maximum absolute atomic E-state index is 12.4. The molecule has 0 bridgehead atoms. The van der Waals surface area contributed by atoms with Gasteiger partial charge < -0.3 is 0 Å². The fourth-order valence-electron chi connectivity index (χ4n) is 3.74. The molecule has 3 heterocycles. The molecular weight excluding hydrogens is 434 g/mol. The number of hydrogen-bond acceptors (Lipinski definition) is 6. The molecule has 0 atom stereocenters. The van der Waals surface area contributed by atoms with Crippen molar-refractivity contribution in [1.82, 2.24) is 15.0 Å². The van der Waals surface area contributed by atoms with E-state index in [2.05, 4.69) is 27.1 Å². The zero-order chi connectivity index (χ0) is 24.8. The van der Waals surface area contributed by atoms with E-state index in [0.29, 0.717) is 16.8 Å². The van der Waals surface area contributed by atoms with Crippen LogP contribution in [0.1, 0.15) is 38.4 Å². The number of benzene rings is 2. The van der Waals surface area contributed by atoms with Crippen molar-refractivity contribution in [2.24, 2.45) is 0 Å². The Morgan fingerprint density at radius 3 is 2.09 bits per heavy atom. The lowest BCUT2D eigenvalue weighted by molar-refractivity contribution is 0.0988. The number of hydrogen-bond donors (Lipinski definition) is 0. The first-order valence-electron chi connectivity index (χ1n) is 11.0. The van der Waals surface area contributed by atoms with Crippen LogP contribution in [0, 0.1) is 36.5 Å². The minimum atomic E-state index is -0.0430. The van der Waals surface area contributed by atoms with Crippen LogP contribution in [0.2, 0.25) is 0 Å². The lowest BCUT2D eigenvalue weighted by Crippen LogP contribution is -2.07. The quantitative estimate of drug-likeness (QED) is 0.326. The number of rotatable bonds is 3. The highest BCUT2D eigenvalue weighted by molar-refractivity contribution is 5.98. The summed E-state index contributed by atoms with van der Waals surface area (Å²) in [5, 5.41) is 19.6. The Kier molecular flexibility index (Phi) is 6.86. The summed E-state index contributed by atoms with van der Waals surface area (Å²) in [5.74, 6) is -0.0430. The predicted molar refractivity (Wildman–Crippen MR) is 135 cm³/mol. The number of aromatic nitrogens is 3. The van der Waals surface area contributed by atoms with Gasteiger partial charge in [-0.2, -0.15) is 10.5 Å². The largest absolute Gasteiger partial charge is 0.292 e. The van der Waals surface area contributed by atoms with E-state index >= 15 is 0 Å².